The summed E-state index contributed by atoms with van der Waals surface area (Å²) in [6.07, 6.45) is -2.16. The third-order valence-corrected chi connectivity index (χ3v) is 4.23. The molecule has 0 atom stereocenters. The fourth-order valence-corrected chi connectivity index (χ4v) is 2.58. The molecule has 0 aliphatic rings. The van der Waals surface area contributed by atoms with Crippen molar-refractivity contribution in [3.63, 3.8) is 0 Å². The van der Waals surface area contributed by atoms with Gasteiger partial charge >= 0.3 is 6.18 Å². The molecule has 21 heavy (non-hydrogen) atoms. The Kier molecular flexibility index (Phi) is 6.89. The van der Waals surface area contributed by atoms with E-state index >= 15 is 0 Å². The van der Waals surface area contributed by atoms with Crippen LogP contribution in [0.5, 0.6) is 0 Å². The van der Waals surface area contributed by atoms with Crippen molar-refractivity contribution < 1.29 is 25.8 Å². The zero-order valence-corrected chi connectivity index (χ0v) is 13.3. The average Bonchev–Trinajstić information content (AvgIpc) is 2.36. The standard InChI is InChI=1S/C13H14BrF3O3S/c14-11-5-7-12(8-6-11)21(18,19)20-10-4-2-1-3-9-13(15,16)17/h1,3,5-8H,2,4,9-10H2/b3-1+. The van der Waals surface area contributed by atoms with Crippen LogP contribution in [-0.4, -0.2) is 21.2 Å². The summed E-state index contributed by atoms with van der Waals surface area (Å²) in [7, 11) is -3.82. The fraction of sp³-hybridized carbons (Fsp3) is 0.385. The van der Waals surface area contributed by atoms with Crippen LogP contribution >= 0.6 is 15.9 Å². The quantitative estimate of drug-likeness (QED) is 0.395. The van der Waals surface area contributed by atoms with Crippen LogP contribution in [0.25, 0.3) is 0 Å². The lowest BCUT2D eigenvalue weighted by Crippen LogP contribution is -2.07. The fourth-order valence-electron chi connectivity index (χ4n) is 1.37. The van der Waals surface area contributed by atoms with E-state index in [1.54, 1.807) is 12.1 Å². The first-order valence-corrected chi connectivity index (χ1v) is 8.27. The molecule has 0 radical (unpaired) electrons. The van der Waals surface area contributed by atoms with Gasteiger partial charge in [0.15, 0.2) is 0 Å². The number of hydrogen-bond acceptors (Lipinski definition) is 3. The van der Waals surface area contributed by atoms with E-state index in [1.807, 2.05) is 0 Å². The summed E-state index contributed by atoms with van der Waals surface area (Å²) in [5, 5.41) is 0. The molecule has 0 N–H and O–H groups in total. The van der Waals surface area contributed by atoms with Crippen molar-refractivity contribution in [2.24, 2.45) is 0 Å². The zero-order chi connectivity index (χ0) is 15.9. The first kappa shape index (κ1) is 18.2. The van der Waals surface area contributed by atoms with Crippen molar-refractivity contribution in [2.75, 3.05) is 6.61 Å². The molecule has 3 nitrogen and oxygen atoms in total. The number of rotatable bonds is 7. The summed E-state index contributed by atoms with van der Waals surface area (Å²) in [5.41, 5.74) is 0. The SMILES string of the molecule is O=S(=O)(OCCC/C=C/CC(F)(F)F)c1ccc(Br)cc1. The second kappa shape index (κ2) is 7.95. The lowest BCUT2D eigenvalue weighted by atomic mass is 10.3. The first-order chi connectivity index (χ1) is 9.71. The number of allylic oxidation sites excluding steroid dienone is 2. The van der Waals surface area contributed by atoms with Crippen molar-refractivity contribution in [3.05, 3.63) is 40.9 Å². The highest BCUT2D eigenvalue weighted by atomic mass is 79.9. The largest absolute Gasteiger partial charge is 0.392 e. The maximum Gasteiger partial charge on any atom is 0.392 e. The van der Waals surface area contributed by atoms with Crippen LogP contribution in [0.2, 0.25) is 0 Å². The molecule has 0 bridgehead atoms. The van der Waals surface area contributed by atoms with Crippen LogP contribution in [0.4, 0.5) is 13.2 Å². The van der Waals surface area contributed by atoms with E-state index in [-0.39, 0.29) is 11.5 Å². The van der Waals surface area contributed by atoms with Crippen LogP contribution in [0.1, 0.15) is 19.3 Å². The molecule has 1 aromatic carbocycles. The molecule has 1 aromatic rings. The van der Waals surface area contributed by atoms with Crippen LogP contribution in [0.3, 0.4) is 0 Å². The van der Waals surface area contributed by atoms with Gasteiger partial charge in [0.05, 0.1) is 17.9 Å². The summed E-state index contributed by atoms with van der Waals surface area (Å²) in [4.78, 5) is 0.0401. The van der Waals surface area contributed by atoms with Gasteiger partial charge in [-0.1, -0.05) is 28.1 Å². The van der Waals surface area contributed by atoms with E-state index in [4.69, 9.17) is 4.18 Å². The summed E-state index contributed by atoms with van der Waals surface area (Å²) in [6.45, 7) is -0.0746. The summed E-state index contributed by atoms with van der Waals surface area (Å²) in [6, 6.07) is 5.97. The Morgan fingerprint density at radius 1 is 1.14 bits per heavy atom. The maximum atomic E-state index is 11.8. The van der Waals surface area contributed by atoms with Gasteiger partial charge in [-0.25, -0.2) is 0 Å². The van der Waals surface area contributed by atoms with E-state index in [0.29, 0.717) is 12.8 Å². The topological polar surface area (TPSA) is 43.4 Å². The lowest BCUT2D eigenvalue weighted by molar-refractivity contribution is -0.125. The van der Waals surface area contributed by atoms with Crippen molar-refractivity contribution >= 4 is 26.0 Å². The van der Waals surface area contributed by atoms with Crippen molar-refractivity contribution in [1.29, 1.82) is 0 Å². The molecule has 0 amide bonds. The highest BCUT2D eigenvalue weighted by molar-refractivity contribution is 9.10. The Hall–Kier alpha value is -0.860. The van der Waals surface area contributed by atoms with Gasteiger partial charge in [-0.3, -0.25) is 4.18 Å². The van der Waals surface area contributed by atoms with Gasteiger partial charge in [0.2, 0.25) is 0 Å². The molecule has 118 valence electrons. The van der Waals surface area contributed by atoms with E-state index in [0.717, 1.165) is 10.5 Å². The van der Waals surface area contributed by atoms with Crippen molar-refractivity contribution in [3.8, 4) is 0 Å². The highest BCUT2D eigenvalue weighted by Gasteiger charge is 2.24. The highest BCUT2D eigenvalue weighted by Crippen LogP contribution is 2.20. The minimum absolute atomic E-state index is 0.0401. The number of benzene rings is 1. The molecule has 0 aliphatic carbocycles. The average molecular weight is 387 g/mol. The van der Waals surface area contributed by atoms with E-state index in [1.165, 1.54) is 18.2 Å². The predicted molar refractivity (Wildman–Crippen MR) is 76.3 cm³/mol. The third kappa shape index (κ3) is 7.63. The molecular weight excluding hydrogens is 373 g/mol. The molecule has 0 aliphatic heterocycles. The zero-order valence-electron chi connectivity index (χ0n) is 10.9. The summed E-state index contributed by atoms with van der Waals surface area (Å²) < 4.78 is 64.6. The van der Waals surface area contributed by atoms with Gasteiger partial charge in [0, 0.05) is 4.47 Å². The summed E-state index contributed by atoms with van der Waals surface area (Å²) in [5.74, 6) is 0. The van der Waals surface area contributed by atoms with Crippen LogP contribution in [0.15, 0.2) is 45.8 Å². The Labute approximate surface area is 130 Å². The van der Waals surface area contributed by atoms with Crippen molar-refractivity contribution in [1.82, 2.24) is 0 Å². The Balaban J connectivity index is 2.33. The first-order valence-electron chi connectivity index (χ1n) is 6.07. The summed E-state index contributed by atoms with van der Waals surface area (Å²) >= 11 is 3.19. The Morgan fingerprint density at radius 3 is 2.33 bits per heavy atom. The molecule has 8 heteroatoms. The van der Waals surface area contributed by atoms with Gasteiger partial charge in [0.1, 0.15) is 0 Å². The lowest BCUT2D eigenvalue weighted by Gasteiger charge is -2.05. The molecule has 0 aromatic heterocycles. The monoisotopic (exact) mass is 386 g/mol. The van der Waals surface area contributed by atoms with E-state index in [2.05, 4.69) is 15.9 Å². The predicted octanol–water partition coefficient (Wildman–Crippen LogP) is 4.44. The van der Waals surface area contributed by atoms with E-state index < -0.39 is 22.7 Å². The smallest absolute Gasteiger partial charge is 0.266 e. The van der Waals surface area contributed by atoms with Gasteiger partial charge in [0.25, 0.3) is 10.1 Å². The number of unbranched alkanes of at least 4 members (excludes halogenated alkanes) is 1. The van der Waals surface area contributed by atoms with E-state index in [9.17, 15) is 21.6 Å². The third-order valence-electron chi connectivity index (χ3n) is 2.37. The van der Waals surface area contributed by atoms with Crippen molar-refractivity contribution in [2.45, 2.75) is 30.3 Å². The van der Waals surface area contributed by atoms with Gasteiger partial charge in [-0.15, -0.1) is 0 Å². The molecule has 0 saturated carbocycles. The van der Waals surface area contributed by atoms with Gasteiger partial charge in [-0.2, -0.15) is 21.6 Å². The van der Waals surface area contributed by atoms with Gasteiger partial charge < -0.3 is 0 Å². The Morgan fingerprint density at radius 2 is 1.76 bits per heavy atom. The second-order valence-electron chi connectivity index (χ2n) is 4.16. The molecule has 1 rings (SSSR count). The molecule has 0 fully saturated rings. The molecule has 0 heterocycles. The van der Waals surface area contributed by atoms with Crippen LogP contribution < -0.4 is 0 Å². The molecular formula is C13H14BrF3O3S. The van der Waals surface area contributed by atoms with Crippen LogP contribution in [-0.2, 0) is 14.3 Å². The molecule has 0 saturated heterocycles. The minimum Gasteiger partial charge on any atom is -0.266 e. The van der Waals surface area contributed by atoms with Gasteiger partial charge in [-0.05, 0) is 37.1 Å². The number of alkyl halides is 3. The second-order valence-corrected chi connectivity index (χ2v) is 6.69. The molecule has 0 spiro atoms. The maximum absolute atomic E-state index is 11.8. The normalized spacial score (nSPS) is 13.0. The minimum atomic E-state index is -4.21. The molecule has 0 unspecified atom stereocenters. The van der Waals surface area contributed by atoms with Crippen LogP contribution in [0, 0.1) is 0 Å². The number of hydrogen-bond donors (Lipinski definition) is 0. The number of halogens is 4. The Bertz CT molecular complexity index is 565.